The van der Waals surface area contributed by atoms with Gasteiger partial charge in [0, 0.05) is 29.9 Å². The molecule has 1 saturated carbocycles. The molecule has 2 amide bonds. The summed E-state index contributed by atoms with van der Waals surface area (Å²) >= 11 is 0. The highest BCUT2D eigenvalue weighted by molar-refractivity contribution is 6.04. The van der Waals surface area contributed by atoms with Gasteiger partial charge in [0.05, 0.1) is 0 Å². The summed E-state index contributed by atoms with van der Waals surface area (Å²) in [6.45, 7) is 1.52. The fraction of sp³-hybridized carbons (Fsp3) is 0.222. The van der Waals surface area contributed by atoms with Crippen LogP contribution in [0.5, 0.6) is 0 Å². The molecule has 1 fully saturated rings. The average molecular weight is 330 g/mol. The second-order valence-electron chi connectivity index (χ2n) is 5.75. The van der Waals surface area contributed by atoms with Gasteiger partial charge in [-0.3, -0.25) is 9.59 Å². The van der Waals surface area contributed by atoms with Crippen molar-refractivity contribution in [2.24, 2.45) is 0 Å². The zero-order chi connectivity index (χ0) is 17.3. The predicted octanol–water partition coefficient (Wildman–Crippen LogP) is 3.73. The molecular formula is C18H16F2N2O2. The van der Waals surface area contributed by atoms with Crippen molar-refractivity contribution in [1.29, 1.82) is 0 Å². The van der Waals surface area contributed by atoms with Crippen LogP contribution in [0, 0.1) is 11.6 Å². The van der Waals surface area contributed by atoms with E-state index in [9.17, 15) is 18.4 Å². The molecule has 1 aliphatic carbocycles. The van der Waals surface area contributed by atoms with E-state index >= 15 is 0 Å². The number of carbonyl (C=O) groups is 2. The van der Waals surface area contributed by atoms with Crippen LogP contribution >= 0.6 is 0 Å². The number of anilines is 2. The van der Waals surface area contributed by atoms with Crippen molar-refractivity contribution in [3.8, 4) is 0 Å². The zero-order valence-corrected chi connectivity index (χ0v) is 13.1. The molecule has 0 heterocycles. The highest BCUT2D eigenvalue weighted by Crippen LogP contribution is 2.32. The fourth-order valence-corrected chi connectivity index (χ4v) is 2.53. The Morgan fingerprint density at radius 2 is 1.71 bits per heavy atom. The molecule has 0 aliphatic heterocycles. The van der Waals surface area contributed by atoms with Gasteiger partial charge < -0.3 is 10.2 Å². The number of carbonyl (C=O) groups excluding carboxylic acids is 2. The summed E-state index contributed by atoms with van der Waals surface area (Å²) in [5.74, 6) is -2.62. The van der Waals surface area contributed by atoms with Crippen LogP contribution in [0.1, 0.15) is 30.1 Å². The molecule has 0 aromatic heterocycles. The molecule has 1 N–H and O–H groups in total. The molecule has 0 radical (unpaired) electrons. The minimum atomic E-state index is -1.07. The zero-order valence-electron chi connectivity index (χ0n) is 13.1. The van der Waals surface area contributed by atoms with E-state index < -0.39 is 17.5 Å². The van der Waals surface area contributed by atoms with Gasteiger partial charge in [0.1, 0.15) is 0 Å². The SMILES string of the molecule is CC(=O)N(c1ccc(NC(=O)c2ccc(F)c(F)c2)cc1)C1CC1. The van der Waals surface area contributed by atoms with Crippen LogP contribution in [-0.2, 0) is 4.79 Å². The lowest BCUT2D eigenvalue weighted by Crippen LogP contribution is -2.30. The first-order valence-electron chi connectivity index (χ1n) is 7.62. The standard InChI is InChI=1S/C18H16F2N2O2/c1-11(23)22(15-7-8-15)14-5-3-13(4-6-14)21-18(24)12-2-9-16(19)17(20)10-12/h2-6,9-10,15H,7-8H2,1H3,(H,21,24). The number of hydrogen-bond donors (Lipinski definition) is 1. The fourth-order valence-electron chi connectivity index (χ4n) is 2.53. The molecule has 0 saturated heterocycles. The first-order chi connectivity index (χ1) is 11.5. The van der Waals surface area contributed by atoms with E-state index in [1.54, 1.807) is 29.2 Å². The molecule has 2 aromatic rings. The van der Waals surface area contributed by atoms with Gasteiger partial charge in [-0.25, -0.2) is 8.78 Å². The number of nitrogens with one attached hydrogen (secondary N) is 1. The van der Waals surface area contributed by atoms with Crippen molar-refractivity contribution >= 4 is 23.2 Å². The van der Waals surface area contributed by atoms with Crippen LogP contribution in [0.15, 0.2) is 42.5 Å². The third-order valence-electron chi connectivity index (χ3n) is 3.84. The van der Waals surface area contributed by atoms with Gasteiger partial charge in [-0.15, -0.1) is 0 Å². The Hall–Kier alpha value is -2.76. The van der Waals surface area contributed by atoms with Gasteiger partial charge >= 0.3 is 0 Å². The van der Waals surface area contributed by atoms with Crippen LogP contribution in [0.4, 0.5) is 20.2 Å². The van der Waals surface area contributed by atoms with E-state index in [1.165, 1.54) is 13.0 Å². The van der Waals surface area contributed by atoms with E-state index in [4.69, 9.17) is 0 Å². The minimum absolute atomic E-state index is 0.0175. The molecule has 6 heteroatoms. The summed E-state index contributed by atoms with van der Waals surface area (Å²) < 4.78 is 26.1. The quantitative estimate of drug-likeness (QED) is 0.928. The van der Waals surface area contributed by atoms with E-state index in [1.807, 2.05) is 0 Å². The lowest BCUT2D eigenvalue weighted by Gasteiger charge is -2.21. The van der Waals surface area contributed by atoms with Crippen molar-refractivity contribution in [3.63, 3.8) is 0 Å². The van der Waals surface area contributed by atoms with Crippen molar-refractivity contribution in [2.45, 2.75) is 25.8 Å². The summed E-state index contributed by atoms with van der Waals surface area (Å²) in [4.78, 5) is 25.5. The van der Waals surface area contributed by atoms with Gasteiger partial charge in [-0.1, -0.05) is 0 Å². The summed E-state index contributed by atoms with van der Waals surface area (Å²) in [6.07, 6.45) is 1.99. The van der Waals surface area contributed by atoms with E-state index in [0.29, 0.717) is 5.69 Å². The maximum atomic E-state index is 13.2. The second kappa shape index (κ2) is 6.39. The maximum Gasteiger partial charge on any atom is 0.255 e. The Kier molecular flexibility index (Phi) is 4.29. The number of halogens is 2. The number of amides is 2. The molecule has 0 bridgehead atoms. The monoisotopic (exact) mass is 330 g/mol. The van der Waals surface area contributed by atoms with Crippen LogP contribution < -0.4 is 10.2 Å². The number of benzene rings is 2. The third kappa shape index (κ3) is 3.42. The molecule has 3 rings (SSSR count). The minimum Gasteiger partial charge on any atom is -0.322 e. The molecule has 4 nitrogen and oxygen atoms in total. The van der Waals surface area contributed by atoms with E-state index in [-0.39, 0.29) is 17.5 Å². The Bertz CT molecular complexity index is 786. The molecule has 0 spiro atoms. The number of rotatable bonds is 4. The van der Waals surface area contributed by atoms with Crippen molar-refractivity contribution in [2.75, 3.05) is 10.2 Å². The molecule has 24 heavy (non-hydrogen) atoms. The smallest absolute Gasteiger partial charge is 0.255 e. The Labute approximate surface area is 138 Å². The van der Waals surface area contributed by atoms with Crippen molar-refractivity contribution in [3.05, 3.63) is 59.7 Å². The summed E-state index contributed by atoms with van der Waals surface area (Å²) in [5, 5.41) is 2.61. The lowest BCUT2D eigenvalue weighted by atomic mass is 10.2. The van der Waals surface area contributed by atoms with Crippen LogP contribution in [0.2, 0.25) is 0 Å². The van der Waals surface area contributed by atoms with Crippen molar-refractivity contribution in [1.82, 2.24) is 0 Å². The predicted molar refractivity (Wildman–Crippen MR) is 86.9 cm³/mol. The molecular weight excluding hydrogens is 314 g/mol. The van der Waals surface area contributed by atoms with Gasteiger partial charge in [0.15, 0.2) is 11.6 Å². The van der Waals surface area contributed by atoms with Gasteiger partial charge in [0.25, 0.3) is 5.91 Å². The maximum absolute atomic E-state index is 13.2. The number of hydrogen-bond acceptors (Lipinski definition) is 2. The van der Waals surface area contributed by atoms with Crippen molar-refractivity contribution < 1.29 is 18.4 Å². The van der Waals surface area contributed by atoms with Gasteiger partial charge in [-0.05, 0) is 55.3 Å². The van der Waals surface area contributed by atoms with Crippen LogP contribution in [0.3, 0.4) is 0 Å². The summed E-state index contributed by atoms with van der Waals surface area (Å²) in [5.41, 5.74) is 1.31. The second-order valence-corrected chi connectivity index (χ2v) is 5.75. The van der Waals surface area contributed by atoms with E-state index in [2.05, 4.69) is 5.32 Å². The lowest BCUT2D eigenvalue weighted by molar-refractivity contribution is -0.116. The Balaban J connectivity index is 1.72. The normalized spacial score (nSPS) is 13.5. The first kappa shape index (κ1) is 16.1. The summed E-state index contributed by atoms with van der Waals surface area (Å²) in [6, 6.07) is 10.1. The van der Waals surface area contributed by atoms with Gasteiger partial charge in [0.2, 0.25) is 5.91 Å². The number of nitrogens with zero attached hydrogens (tertiary/aromatic N) is 1. The topological polar surface area (TPSA) is 49.4 Å². The highest BCUT2D eigenvalue weighted by atomic mass is 19.2. The first-order valence-corrected chi connectivity index (χ1v) is 7.62. The molecule has 0 atom stereocenters. The van der Waals surface area contributed by atoms with Gasteiger partial charge in [-0.2, -0.15) is 0 Å². The Morgan fingerprint density at radius 1 is 1.04 bits per heavy atom. The average Bonchev–Trinajstić information content (AvgIpc) is 3.36. The molecule has 1 aliphatic rings. The third-order valence-corrected chi connectivity index (χ3v) is 3.84. The van der Waals surface area contributed by atoms with Crippen LogP contribution in [-0.4, -0.2) is 17.9 Å². The van der Waals surface area contributed by atoms with E-state index in [0.717, 1.165) is 30.7 Å². The largest absolute Gasteiger partial charge is 0.322 e. The highest BCUT2D eigenvalue weighted by Gasteiger charge is 2.31. The molecule has 124 valence electrons. The molecule has 2 aromatic carbocycles. The molecule has 0 unspecified atom stereocenters. The Morgan fingerprint density at radius 3 is 2.25 bits per heavy atom. The van der Waals surface area contributed by atoms with Crippen LogP contribution in [0.25, 0.3) is 0 Å². The summed E-state index contributed by atoms with van der Waals surface area (Å²) in [7, 11) is 0.